The molecule has 0 radical (unpaired) electrons. The van der Waals surface area contributed by atoms with Gasteiger partial charge >= 0.3 is 0 Å². The van der Waals surface area contributed by atoms with Gasteiger partial charge in [0.1, 0.15) is 61.2 Å². The van der Waals surface area contributed by atoms with Crippen LogP contribution in [0.25, 0.3) is 0 Å². The lowest BCUT2D eigenvalue weighted by atomic mass is 9.41. The first kappa shape index (κ1) is 33.9. The van der Waals surface area contributed by atoms with Crippen molar-refractivity contribution in [3.05, 3.63) is 12.2 Å². The highest BCUT2D eigenvalue weighted by Gasteiger charge is 2.67. The zero-order valence-corrected chi connectivity index (χ0v) is 26.4. The Bertz CT molecular complexity index is 1120. The van der Waals surface area contributed by atoms with E-state index >= 15 is 0 Å². The number of hydrogen-bond acceptors (Lipinski definition) is 12. The van der Waals surface area contributed by atoms with Gasteiger partial charge in [0, 0.05) is 5.41 Å². The summed E-state index contributed by atoms with van der Waals surface area (Å²) in [7, 11) is 0. The van der Waals surface area contributed by atoms with Crippen LogP contribution in [0.3, 0.4) is 0 Å². The van der Waals surface area contributed by atoms with E-state index in [0.717, 1.165) is 63.4 Å². The Morgan fingerprint density at radius 3 is 2.22 bits per heavy atom. The van der Waals surface area contributed by atoms with E-state index in [-0.39, 0.29) is 22.9 Å². The average molecular weight is 641 g/mol. The summed E-state index contributed by atoms with van der Waals surface area (Å²) in [5, 5.41) is 72.2. The molecular formula is C33H52O12. The number of carbonyl (C=O) groups is 1. The Morgan fingerprint density at radius 1 is 0.844 bits per heavy atom. The van der Waals surface area contributed by atoms with Gasteiger partial charge in [-0.05, 0) is 79.6 Å². The molecule has 2 bridgehead atoms. The number of rotatable bonds is 8. The lowest BCUT2D eigenvalue weighted by molar-refractivity contribution is -0.344. The third-order valence-corrected chi connectivity index (χ3v) is 13.3. The minimum atomic E-state index is -1.72. The molecule has 6 aliphatic rings. The van der Waals surface area contributed by atoms with Gasteiger partial charge in [-0.15, -0.1) is 0 Å². The Hall–Kier alpha value is -1.03. The average Bonchev–Trinajstić information content (AvgIpc) is 3.24. The molecule has 4 aliphatic carbocycles. The molecule has 12 heteroatoms. The van der Waals surface area contributed by atoms with Crippen LogP contribution in [0, 0.1) is 28.1 Å². The molecule has 2 saturated heterocycles. The maximum atomic E-state index is 12.4. The molecule has 0 amide bonds. The number of aldehydes is 1. The molecular weight excluding hydrogens is 588 g/mol. The van der Waals surface area contributed by atoms with E-state index in [2.05, 4.69) is 20.4 Å². The SMILES string of the molecule is C=C1C[C@@]23CCC4(C)C(CCC[C@@]4(C)C=O)[C@@H]2CC[C@]1(OCC1OC(CO)C(O)C(O)C1OC1OC(CO)C(O)C(O)C1O)C3. The Balaban J connectivity index is 1.20. The Kier molecular flexibility index (Phi) is 9.13. The summed E-state index contributed by atoms with van der Waals surface area (Å²) in [5.74, 6) is 0.926. The largest absolute Gasteiger partial charge is 0.394 e. The van der Waals surface area contributed by atoms with Gasteiger partial charge in [0.15, 0.2) is 6.29 Å². The fraction of sp³-hybridized carbons (Fsp3) is 0.909. The summed E-state index contributed by atoms with van der Waals surface area (Å²) >= 11 is 0. The number of fused-ring (bicyclic) bond motifs is 3. The molecule has 16 atom stereocenters. The number of hydrogen-bond donors (Lipinski definition) is 7. The number of ether oxygens (including phenoxy) is 4. The number of carbonyl (C=O) groups excluding carboxylic acids is 1. The molecule has 2 heterocycles. The van der Waals surface area contributed by atoms with E-state index in [1.807, 2.05) is 0 Å². The number of aliphatic hydroxyl groups is 7. The van der Waals surface area contributed by atoms with E-state index in [1.165, 1.54) is 6.29 Å². The molecule has 12 nitrogen and oxygen atoms in total. The molecule has 1 spiro atoms. The van der Waals surface area contributed by atoms with Gasteiger partial charge in [-0.25, -0.2) is 0 Å². The van der Waals surface area contributed by atoms with Gasteiger partial charge in [-0.2, -0.15) is 0 Å². The second kappa shape index (κ2) is 12.1. The summed E-state index contributed by atoms with van der Waals surface area (Å²) in [6.45, 7) is 7.66. The van der Waals surface area contributed by atoms with Crippen molar-refractivity contribution in [3.63, 3.8) is 0 Å². The van der Waals surface area contributed by atoms with Gasteiger partial charge in [0.05, 0.1) is 25.4 Å². The molecule has 6 fully saturated rings. The van der Waals surface area contributed by atoms with Crippen molar-refractivity contribution >= 4 is 6.29 Å². The summed E-state index contributed by atoms with van der Waals surface area (Å²) in [5.41, 5.74) is 0.0725. The van der Waals surface area contributed by atoms with E-state index in [9.17, 15) is 40.5 Å². The van der Waals surface area contributed by atoms with Crippen LogP contribution in [0.4, 0.5) is 0 Å². The minimum Gasteiger partial charge on any atom is -0.394 e. The van der Waals surface area contributed by atoms with E-state index in [0.29, 0.717) is 11.8 Å². The first-order chi connectivity index (χ1) is 21.3. The summed E-state index contributed by atoms with van der Waals surface area (Å²) in [4.78, 5) is 12.4. The van der Waals surface area contributed by atoms with E-state index < -0.39 is 80.0 Å². The van der Waals surface area contributed by atoms with E-state index in [1.54, 1.807) is 0 Å². The normalized spacial score (nSPS) is 54.7. The predicted molar refractivity (Wildman–Crippen MR) is 157 cm³/mol. The second-order valence-electron chi connectivity index (χ2n) is 15.4. The van der Waals surface area contributed by atoms with Crippen molar-refractivity contribution in [2.45, 2.75) is 138 Å². The second-order valence-corrected chi connectivity index (χ2v) is 15.4. The van der Waals surface area contributed by atoms with Gasteiger partial charge in [0.25, 0.3) is 0 Å². The third kappa shape index (κ3) is 5.18. The third-order valence-electron chi connectivity index (χ3n) is 13.3. The highest BCUT2D eigenvalue weighted by Crippen LogP contribution is 2.72. The van der Waals surface area contributed by atoms with Crippen LogP contribution in [0.5, 0.6) is 0 Å². The first-order valence-electron chi connectivity index (χ1n) is 16.7. The molecule has 4 saturated carbocycles. The number of aliphatic hydroxyl groups excluding tert-OH is 7. The van der Waals surface area contributed by atoms with Crippen LogP contribution >= 0.6 is 0 Å². The summed E-state index contributed by atoms with van der Waals surface area (Å²) < 4.78 is 24.1. The Morgan fingerprint density at radius 2 is 1.53 bits per heavy atom. The van der Waals surface area contributed by atoms with Crippen molar-refractivity contribution in [1.29, 1.82) is 0 Å². The maximum absolute atomic E-state index is 12.4. The smallest absolute Gasteiger partial charge is 0.187 e. The maximum Gasteiger partial charge on any atom is 0.187 e. The highest BCUT2D eigenvalue weighted by molar-refractivity contribution is 5.61. The molecule has 256 valence electrons. The van der Waals surface area contributed by atoms with Crippen LogP contribution in [0.15, 0.2) is 12.2 Å². The van der Waals surface area contributed by atoms with Gasteiger partial charge in [-0.1, -0.05) is 26.8 Å². The van der Waals surface area contributed by atoms with Crippen LogP contribution in [-0.4, -0.2) is 129 Å². The standard InChI is InChI=1S/C33H52O12/c1-17-11-32-10-9-31(3)18(5-4-7-30(31,2)16-36)19(32)6-8-33(17,15-32)42-14-22-28(26(40)24(38)20(12-34)43-22)45-29-27(41)25(39)23(37)21(13-35)44-29/h16,18-29,34-35,37-41H,1,4-15H2,2-3H3/t18?,19-,20?,21?,22?,23?,24?,25?,26?,27?,28?,29?,30-,31?,32+,33-/m0/s1. The molecule has 0 aromatic rings. The van der Waals surface area contributed by atoms with Crippen LogP contribution in [0.2, 0.25) is 0 Å². The molecule has 12 unspecified atom stereocenters. The highest BCUT2D eigenvalue weighted by atomic mass is 16.7. The monoisotopic (exact) mass is 640 g/mol. The van der Waals surface area contributed by atoms with Gasteiger partial charge < -0.3 is 59.5 Å². The first-order valence-corrected chi connectivity index (χ1v) is 16.7. The van der Waals surface area contributed by atoms with Gasteiger partial charge in [-0.3, -0.25) is 0 Å². The molecule has 7 N–H and O–H groups in total. The van der Waals surface area contributed by atoms with Crippen molar-refractivity contribution in [2.75, 3.05) is 19.8 Å². The fourth-order valence-corrected chi connectivity index (χ4v) is 10.4. The van der Waals surface area contributed by atoms with Crippen molar-refractivity contribution in [1.82, 2.24) is 0 Å². The molecule has 2 aliphatic heterocycles. The van der Waals surface area contributed by atoms with Crippen LogP contribution < -0.4 is 0 Å². The van der Waals surface area contributed by atoms with Crippen LogP contribution in [0.1, 0.15) is 71.6 Å². The van der Waals surface area contributed by atoms with Crippen molar-refractivity contribution in [3.8, 4) is 0 Å². The van der Waals surface area contributed by atoms with Crippen LogP contribution in [-0.2, 0) is 23.7 Å². The predicted octanol–water partition coefficient (Wildman–Crippen LogP) is -0.0398. The minimum absolute atomic E-state index is 0.0314. The summed E-state index contributed by atoms with van der Waals surface area (Å²) in [6.07, 6.45) is -4.66. The zero-order valence-electron chi connectivity index (χ0n) is 26.4. The van der Waals surface area contributed by atoms with Gasteiger partial charge in [0.2, 0.25) is 0 Å². The topological polar surface area (TPSA) is 196 Å². The molecule has 45 heavy (non-hydrogen) atoms. The van der Waals surface area contributed by atoms with Crippen molar-refractivity contribution < 1.29 is 59.5 Å². The molecule has 0 aromatic heterocycles. The fourth-order valence-electron chi connectivity index (χ4n) is 10.4. The molecule has 6 rings (SSSR count). The Labute approximate surface area is 264 Å². The lowest BCUT2D eigenvalue weighted by Crippen LogP contribution is -2.65. The quantitative estimate of drug-likeness (QED) is 0.138. The lowest BCUT2D eigenvalue weighted by Gasteiger charge is -2.63. The zero-order chi connectivity index (χ0) is 32.5. The summed E-state index contributed by atoms with van der Waals surface area (Å²) in [6, 6.07) is 0. The molecule has 0 aromatic carbocycles. The van der Waals surface area contributed by atoms with Crippen molar-refractivity contribution in [2.24, 2.45) is 28.1 Å². The van der Waals surface area contributed by atoms with E-state index in [4.69, 9.17) is 18.9 Å².